The minimum Gasteiger partial charge on any atom is -0.338 e. The Bertz CT molecular complexity index is 968. The Morgan fingerprint density at radius 3 is 2.12 bits per heavy atom. The molecule has 9 heteroatoms. The molecule has 0 fully saturated rings. The number of fused-ring (bicyclic) bond motifs is 1. The number of hydrogen-bond donors (Lipinski definition) is 1. The number of nitrogens with zero attached hydrogens (tertiary/aromatic N) is 1. The van der Waals surface area contributed by atoms with E-state index in [2.05, 4.69) is 25.9 Å². The molecule has 0 radical (unpaired) electrons. The van der Waals surface area contributed by atoms with Crippen molar-refractivity contribution in [3.05, 3.63) is 63.4 Å². The van der Waals surface area contributed by atoms with Gasteiger partial charge >= 0.3 is 12.4 Å². The summed E-state index contributed by atoms with van der Waals surface area (Å²) in [6, 6.07) is 6.68. The van der Waals surface area contributed by atoms with Crippen LogP contribution in [0.2, 0.25) is 0 Å². The monoisotopic (exact) mass is 434 g/mol. The number of alkyl halides is 6. The molecular weight excluding hydrogens is 426 g/mol. The summed E-state index contributed by atoms with van der Waals surface area (Å²) in [5.41, 5.74) is -0.560. The van der Waals surface area contributed by atoms with Crippen molar-refractivity contribution in [3.63, 3.8) is 0 Å². The quantitative estimate of drug-likeness (QED) is 0.456. The van der Waals surface area contributed by atoms with E-state index >= 15 is 0 Å². The number of halogens is 7. The van der Waals surface area contributed by atoms with E-state index in [-0.39, 0.29) is 15.8 Å². The number of imidazole rings is 1. The SMILES string of the molecule is FC(F)(F)c1ccc(C=Cc2nc3cc(Br)c(C(F)(F)F)cc3[nH]2)cc1. The van der Waals surface area contributed by atoms with Crippen molar-refractivity contribution < 1.29 is 26.3 Å². The maximum absolute atomic E-state index is 12.9. The summed E-state index contributed by atoms with van der Waals surface area (Å²) in [6.07, 6.45) is -5.93. The summed E-state index contributed by atoms with van der Waals surface area (Å²) in [5.74, 6) is 0.283. The summed E-state index contributed by atoms with van der Waals surface area (Å²) < 4.78 is 76.2. The Balaban J connectivity index is 1.88. The Labute approximate surface area is 151 Å². The van der Waals surface area contributed by atoms with Crippen molar-refractivity contribution >= 4 is 39.1 Å². The van der Waals surface area contributed by atoms with Gasteiger partial charge in [0.05, 0.1) is 22.2 Å². The van der Waals surface area contributed by atoms with E-state index in [9.17, 15) is 26.3 Å². The molecule has 0 aliphatic heterocycles. The van der Waals surface area contributed by atoms with Crippen LogP contribution >= 0.6 is 15.9 Å². The lowest BCUT2D eigenvalue weighted by Gasteiger charge is -2.08. The zero-order valence-corrected chi connectivity index (χ0v) is 14.3. The molecule has 0 atom stereocenters. The van der Waals surface area contributed by atoms with Crippen LogP contribution in [0, 0.1) is 0 Å². The first-order valence-electron chi connectivity index (χ1n) is 7.16. The van der Waals surface area contributed by atoms with Gasteiger partial charge in [-0.25, -0.2) is 4.98 Å². The lowest BCUT2D eigenvalue weighted by atomic mass is 10.1. The second-order valence-corrected chi connectivity index (χ2v) is 6.28. The number of rotatable bonds is 2. The molecule has 3 rings (SSSR count). The van der Waals surface area contributed by atoms with E-state index in [4.69, 9.17) is 0 Å². The molecule has 136 valence electrons. The molecule has 0 aliphatic carbocycles. The van der Waals surface area contributed by atoms with E-state index in [1.54, 1.807) is 0 Å². The maximum atomic E-state index is 12.9. The van der Waals surface area contributed by atoms with Gasteiger partial charge in [0.25, 0.3) is 0 Å². The van der Waals surface area contributed by atoms with Crippen molar-refractivity contribution in [2.24, 2.45) is 0 Å². The molecule has 0 bridgehead atoms. The number of hydrogen-bond acceptors (Lipinski definition) is 1. The molecule has 3 aromatic rings. The zero-order valence-electron chi connectivity index (χ0n) is 12.7. The largest absolute Gasteiger partial charge is 0.417 e. The van der Waals surface area contributed by atoms with Crippen molar-refractivity contribution in [2.75, 3.05) is 0 Å². The first-order chi connectivity index (χ1) is 12.0. The highest BCUT2D eigenvalue weighted by Gasteiger charge is 2.33. The standard InChI is InChI=1S/C17H9BrF6N2/c18-12-8-14-13(7-11(12)17(22,23)24)25-15(26-14)6-3-9-1-4-10(5-2-9)16(19,20)21/h1-8H,(H,25,26). The topological polar surface area (TPSA) is 28.7 Å². The third-order valence-electron chi connectivity index (χ3n) is 3.57. The van der Waals surface area contributed by atoms with E-state index in [1.807, 2.05) is 0 Å². The molecule has 0 amide bonds. The van der Waals surface area contributed by atoms with Crippen LogP contribution in [0.25, 0.3) is 23.2 Å². The molecule has 0 unspecified atom stereocenters. The first-order valence-corrected chi connectivity index (χ1v) is 7.95. The predicted octanol–water partition coefficient (Wildman–Crippen LogP) is 6.53. The fourth-order valence-corrected chi connectivity index (χ4v) is 2.86. The Morgan fingerprint density at radius 2 is 1.54 bits per heavy atom. The van der Waals surface area contributed by atoms with Gasteiger partial charge in [-0.1, -0.05) is 34.1 Å². The van der Waals surface area contributed by atoms with Gasteiger partial charge in [-0.3, -0.25) is 0 Å². The molecule has 0 aliphatic rings. The molecule has 1 N–H and O–H groups in total. The van der Waals surface area contributed by atoms with Gasteiger partial charge in [-0.05, 0) is 35.9 Å². The van der Waals surface area contributed by atoms with Crippen molar-refractivity contribution in [1.29, 1.82) is 0 Å². The third-order valence-corrected chi connectivity index (χ3v) is 4.22. The molecule has 0 spiro atoms. The Hall–Kier alpha value is -2.29. The highest BCUT2D eigenvalue weighted by Crippen LogP contribution is 2.37. The van der Waals surface area contributed by atoms with Crippen LogP contribution in [0.4, 0.5) is 26.3 Å². The van der Waals surface area contributed by atoms with Gasteiger partial charge in [0.2, 0.25) is 0 Å². The third kappa shape index (κ3) is 3.92. The van der Waals surface area contributed by atoms with Gasteiger partial charge in [0.1, 0.15) is 5.82 Å². The number of aromatic nitrogens is 2. The van der Waals surface area contributed by atoms with Crippen LogP contribution in [0.3, 0.4) is 0 Å². The van der Waals surface area contributed by atoms with E-state index in [0.717, 1.165) is 18.2 Å². The first kappa shape index (κ1) is 18.5. The molecule has 0 saturated heterocycles. The number of H-pyrrole nitrogens is 1. The van der Waals surface area contributed by atoms with Gasteiger partial charge in [-0.2, -0.15) is 26.3 Å². The minimum absolute atomic E-state index is 0.123. The van der Waals surface area contributed by atoms with Crippen LogP contribution in [0.5, 0.6) is 0 Å². The highest BCUT2D eigenvalue weighted by atomic mass is 79.9. The summed E-state index contributed by atoms with van der Waals surface area (Å²) in [4.78, 5) is 6.89. The maximum Gasteiger partial charge on any atom is 0.417 e. The van der Waals surface area contributed by atoms with E-state index < -0.39 is 23.5 Å². The highest BCUT2D eigenvalue weighted by molar-refractivity contribution is 9.10. The fourth-order valence-electron chi connectivity index (χ4n) is 2.31. The summed E-state index contributed by atoms with van der Waals surface area (Å²) in [7, 11) is 0. The number of benzene rings is 2. The van der Waals surface area contributed by atoms with E-state index in [1.165, 1.54) is 30.4 Å². The molecule has 0 saturated carbocycles. The average Bonchev–Trinajstić information content (AvgIpc) is 2.92. The Morgan fingerprint density at radius 1 is 0.885 bits per heavy atom. The van der Waals surface area contributed by atoms with Crippen LogP contribution in [0.15, 0.2) is 40.9 Å². The lowest BCUT2D eigenvalue weighted by molar-refractivity contribution is -0.138. The number of nitrogens with one attached hydrogen (secondary N) is 1. The van der Waals surface area contributed by atoms with Gasteiger partial charge in [-0.15, -0.1) is 0 Å². The molecule has 1 aromatic heterocycles. The average molecular weight is 435 g/mol. The Kier molecular flexibility index (Phi) is 4.60. The normalized spacial score (nSPS) is 13.0. The second-order valence-electron chi connectivity index (χ2n) is 5.42. The summed E-state index contributed by atoms with van der Waals surface area (Å²) in [5, 5.41) is 0. The van der Waals surface area contributed by atoms with Gasteiger partial charge < -0.3 is 4.98 Å². The van der Waals surface area contributed by atoms with Crippen molar-refractivity contribution in [2.45, 2.75) is 12.4 Å². The summed E-state index contributed by atoms with van der Waals surface area (Å²) in [6.45, 7) is 0. The lowest BCUT2D eigenvalue weighted by Crippen LogP contribution is -2.05. The smallest absolute Gasteiger partial charge is 0.338 e. The van der Waals surface area contributed by atoms with Gasteiger partial charge in [0, 0.05) is 4.47 Å². The van der Waals surface area contributed by atoms with Crippen molar-refractivity contribution in [1.82, 2.24) is 9.97 Å². The molecule has 2 aromatic carbocycles. The fraction of sp³-hybridized carbons (Fsp3) is 0.118. The molecule has 26 heavy (non-hydrogen) atoms. The number of aromatic amines is 1. The molecule has 2 nitrogen and oxygen atoms in total. The summed E-state index contributed by atoms with van der Waals surface area (Å²) >= 11 is 2.88. The molecule has 1 heterocycles. The minimum atomic E-state index is -4.51. The van der Waals surface area contributed by atoms with Crippen LogP contribution in [-0.2, 0) is 12.4 Å². The van der Waals surface area contributed by atoms with Crippen LogP contribution in [0.1, 0.15) is 22.5 Å². The van der Waals surface area contributed by atoms with Crippen LogP contribution in [-0.4, -0.2) is 9.97 Å². The van der Waals surface area contributed by atoms with Crippen LogP contribution < -0.4 is 0 Å². The zero-order chi connectivity index (χ0) is 19.1. The second kappa shape index (κ2) is 6.46. The molecular formula is C17H9BrF6N2. The van der Waals surface area contributed by atoms with Crippen molar-refractivity contribution in [3.8, 4) is 0 Å². The predicted molar refractivity (Wildman–Crippen MR) is 89.2 cm³/mol. The van der Waals surface area contributed by atoms with Gasteiger partial charge in [0.15, 0.2) is 0 Å². The van der Waals surface area contributed by atoms with E-state index in [0.29, 0.717) is 11.1 Å².